The minimum atomic E-state index is -3.16. The Morgan fingerprint density at radius 1 is 1.38 bits per heavy atom. The molecule has 5 nitrogen and oxygen atoms in total. The number of piperidine rings is 1. The number of hydrogen-bond acceptors (Lipinski definition) is 3. The number of amides is 1. The van der Waals surface area contributed by atoms with Gasteiger partial charge in [-0.2, -0.15) is 0 Å². The van der Waals surface area contributed by atoms with Gasteiger partial charge in [0.1, 0.15) is 0 Å². The molecule has 1 amide bonds. The molecule has 2 rings (SSSR count). The van der Waals surface area contributed by atoms with E-state index in [1.807, 2.05) is 31.2 Å². The van der Waals surface area contributed by atoms with Crippen LogP contribution in [0.4, 0.5) is 0 Å². The van der Waals surface area contributed by atoms with Gasteiger partial charge in [-0.25, -0.2) is 12.7 Å². The molecule has 1 aromatic carbocycles. The third kappa shape index (κ3) is 4.29. The molecule has 134 valence electrons. The summed E-state index contributed by atoms with van der Waals surface area (Å²) < 4.78 is 25.3. The van der Waals surface area contributed by atoms with Crippen LogP contribution in [0.3, 0.4) is 0 Å². The number of rotatable bonds is 5. The molecule has 0 spiro atoms. The molecule has 1 fully saturated rings. The zero-order valence-electron chi connectivity index (χ0n) is 14.4. The topological polar surface area (TPSA) is 57.7 Å². The average Bonchev–Trinajstić information content (AvgIpc) is 2.60. The molecule has 1 aliphatic heterocycles. The predicted octanol–water partition coefficient (Wildman–Crippen LogP) is 2.92. The fraction of sp³-hybridized carbons (Fsp3) is 0.588. The van der Waals surface area contributed by atoms with Crippen molar-refractivity contribution in [3.05, 3.63) is 34.9 Å². The number of sulfonamides is 1. The summed E-state index contributed by atoms with van der Waals surface area (Å²) in [6, 6.07) is 7.43. The van der Waals surface area contributed by atoms with Crippen molar-refractivity contribution >= 4 is 27.5 Å². The molecule has 1 unspecified atom stereocenters. The van der Waals surface area contributed by atoms with E-state index >= 15 is 0 Å². The van der Waals surface area contributed by atoms with Gasteiger partial charge in [-0.15, -0.1) is 0 Å². The Morgan fingerprint density at radius 2 is 2.00 bits per heavy atom. The van der Waals surface area contributed by atoms with Gasteiger partial charge in [0.2, 0.25) is 15.9 Å². The van der Waals surface area contributed by atoms with Gasteiger partial charge in [0, 0.05) is 31.1 Å². The van der Waals surface area contributed by atoms with Gasteiger partial charge in [-0.1, -0.05) is 23.7 Å². The molecule has 7 heteroatoms. The lowest BCUT2D eigenvalue weighted by Crippen LogP contribution is -2.44. The van der Waals surface area contributed by atoms with E-state index in [0.29, 0.717) is 31.0 Å². The zero-order valence-corrected chi connectivity index (χ0v) is 16.0. The summed E-state index contributed by atoms with van der Waals surface area (Å²) in [4.78, 5) is 14.5. The first-order chi connectivity index (χ1) is 11.3. The molecular weight excluding hydrogens is 348 g/mol. The summed E-state index contributed by atoms with van der Waals surface area (Å²) in [5, 5.41) is 0.651. The lowest BCUT2D eigenvalue weighted by atomic mass is 9.95. The van der Waals surface area contributed by atoms with Crippen LogP contribution in [-0.4, -0.2) is 49.4 Å². The number of hydrogen-bond donors (Lipinski definition) is 0. The van der Waals surface area contributed by atoms with E-state index in [1.54, 1.807) is 18.9 Å². The molecule has 1 aliphatic rings. The van der Waals surface area contributed by atoms with Crippen LogP contribution in [0.5, 0.6) is 0 Å². The first-order valence-electron chi connectivity index (χ1n) is 8.26. The summed E-state index contributed by atoms with van der Waals surface area (Å²) in [5.41, 5.74) is 0.990. The minimum Gasteiger partial charge on any atom is -0.339 e. The third-order valence-corrected chi connectivity index (χ3v) is 6.94. The maximum absolute atomic E-state index is 12.7. The summed E-state index contributed by atoms with van der Waals surface area (Å²) in [6.07, 6.45) is 1.15. The lowest BCUT2D eigenvalue weighted by molar-refractivity contribution is -0.137. The molecule has 1 aromatic rings. The van der Waals surface area contributed by atoms with Crippen molar-refractivity contribution in [3.8, 4) is 0 Å². The van der Waals surface area contributed by atoms with Crippen LogP contribution in [-0.2, 0) is 14.8 Å². The van der Waals surface area contributed by atoms with E-state index < -0.39 is 10.0 Å². The van der Waals surface area contributed by atoms with Gasteiger partial charge in [0.05, 0.1) is 11.8 Å². The highest BCUT2D eigenvalue weighted by atomic mass is 35.5. The Balaban J connectivity index is 1.99. The van der Waals surface area contributed by atoms with E-state index in [9.17, 15) is 13.2 Å². The SMILES string of the molecule is CCS(=O)(=O)N1CCC(C(=O)N(C)C(C)c2cccc(Cl)c2)CC1. The molecule has 0 aliphatic carbocycles. The van der Waals surface area contributed by atoms with Crippen LogP contribution in [0.25, 0.3) is 0 Å². The van der Waals surface area contributed by atoms with Crippen molar-refractivity contribution in [3.63, 3.8) is 0 Å². The quantitative estimate of drug-likeness (QED) is 0.798. The molecular formula is C17H25ClN2O3S. The fourth-order valence-electron chi connectivity index (χ4n) is 3.03. The van der Waals surface area contributed by atoms with Gasteiger partial charge in [0.15, 0.2) is 0 Å². The van der Waals surface area contributed by atoms with Gasteiger partial charge < -0.3 is 4.90 Å². The minimum absolute atomic E-state index is 0.0658. The highest BCUT2D eigenvalue weighted by Crippen LogP contribution is 2.27. The second kappa shape index (κ2) is 7.85. The Morgan fingerprint density at radius 3 is 2.54 bits per heavy atom. The Bertz CT molecular complexity index is 685. The Kier molecular flexibility index (Phi) is 6.28. The van der Waals surface area contributed by atoms with Gasteiger partial charge >= 0.3 is 0 Å². The van der Waals surface area contributed by atoms with Crippen molar-refractivity contribution in [1.82, 2.24) is 9.21 Å². The molecule has 0 saturated carbocycles. The second-order valence-corrected chi connectivity index (χ2v) is 8.95. The van der Waals surface area contributed by atoms with Crippen molar-refractivity contribution in [1.29, 1.82) is 0 Å². The highest BCUT2D eigenvalue weighted by Gasteiger charge is 2.32. The zero-order chi connectivity index (χ0) is 17.9. The molecule has 0 radical (unpaired) electrons. The smallest absolute Gasteiger partial charge is 0.226 e. The average molecular weight is 373 g/mol. The molecule has 0 bridgehead atoms. The third-order valence-electron chi connectivity index (χ3n) is 4.82. The van der Waals surface area contributed by atoms with E-state index in [4.69, 9.17) is 11.6 Å². The Hall–Kier alpha value is -1.11. The molecule has 1 heterocycles. The van der Waals surface area contributed by atoms with E-state index in [1.165, 1.54) is 4.31 Å². The fourth-order valence-corrected chi connectivity index (χ4v) is 4.36. The lowest BCUT2D eigenvalue weighted by Gasteiger charge is -2.34. The summed E-state index contributed by atoms with van der Waals surface area (Å²) in [7, 11) is -1.37. The van der Waals surface area contributed by atoms with Crippen molar-refractivity contribution < 1.29 is 13.2 Å². The molecule has 1 saturated heterocycles. The number of halogens is 1. The van der Waals surface area contributed by atoms with Gasteiger partial charge in [-0.3, -0.25) is 4.79 Å². The molecule has 0 N–H and O–H groups in total. The number of nitrogens with zero attached hydrogens (tertiary/aromatic N) is 2. The number of benzene rings is 1. The Labute approximate surface area is 149 Å². The first kappa shape index (κ1) is 19.2. The standard InChI is InChI=1S/C17H25ClN2O3S/c1-4-24(22,23)20-10-8-14(9-11-20)17(21)19(3)13(2)15-6-5-7-16(18)12-15/h5-7,12-14H,4,8-11H2,1-3H3. The molecule has 1 atom stereocenters. The van der Waals surface area contributed by atoms with Crippen LogP contribution in [0.15, 0.2) is 24.3 Å². The van der Waals surface area contributed by atoms with Crippen LogP contribution in [0.1, 0.15) is 38.3 Å². The van der Waals surface area contributed by atoms with Crippen molar-refractivity contribution in [2.24, 2.45) is 5.92 Å². The first-order valence-corrected chi connectivity index (χ1v) is 10.2. The van der Waals surface area contributed by atoms with Crippen LogP contribution in [0.2, 0.25) is 5.02 Å². The molecule has 0 aromatic heterocycles. The van der Waals surface area contributed by atoms with Crippen LogP contribution in [0, 0.1) is 5.92 Å². The van der Waals surface area contributed by atoms with Crippen molar-refractivity contribution in [2.75, 3.05) is 25.9 Å². The maximum atomic E-state index is 12.7. The number of carbonyl (C=O) groups excluding carboxylic acids is 1. The monoisotopic (exact) mass is 372 g/mol. The maximum Gasteiger partial charge on any atom is 0.226 e. The summed E-state index contributed by atoms with van der Waals surface area (Å²) in [5.74, 6) is 0.0492. The summed E-state index contributed by atoms with van der Waals surface area (Å²) >= 11 is 6.03. The summed E-state index contributed by atoms with van der Waals surface area (Å²) in [6.45, 7) is 4.46. The van der Waals surface area contributed by atoms with Crippen LogP contribution < -0.4 is 0 Å². The van der Waals surface area contributed by atoms with E-state index in [-0.39, 0.29) is 23.6 Å². The van der Waals surface area contributed by atoms with Gasteiger partial charge in [0.25, 0.3) is 0 Å². The van der Waals surface area contributed by atoms with E-state index in [2.05, 4.69) is 0 Å². The molecule has 24 heavy (non-hydrogen) atoms. The van der Waals surface area contributed by atoms with Gasteiger partial charge in [-0.05, 0) is 44.4 Å². The van der Waals surface area contributed by atoms with Crippen molar-refractivity contribution in [2.45, 2.75) is 32.7 Å². The number of carbonyl (C=O) groups is 1. The second-order valence-electron chi connectivity index (χ2n) is 6.25. The normalized spacial score (nSPS) is 18.3. The largest absolute Gasteiger partial charge is 0.339 e. The van der Waals surface area contributed by atoms with E-state index in [0.717, 1.165) is 5.56 Å². The highest BCUT2D eigenvalue weighted by molar-refractivity contribution is 7.89. The van der Waals surface area contributed by atoms with Crippen LogP contribution >= 0.6 is 11.6 Å². The predicted molar refractivity (Wildman–Crippen MR) is 96.4 cm³/mol.